The van der Waals surface area contributed by atoms with Gasteiger partial charge in [0.1, 0.15) is 6.61 Å². The average molecular weight is 409 g/mol. The summed E-state index contributed by atoms with van der Waals surface area (Å²) in [5, 5.41) is 6.38. The van der Waals surface area contributed by atoms with E-state index in [2.05, 4.69) is 27.3 Å². The van der Waals surface area contributed by atoms with Crippen LogP contribution in [0.15, 0.2) is 4.99 Å². The van der Waals surface area contributed by atoms with E-state index >= 15 is 0 Å². The Bertz CT molecular complexity index is 300. The normalized spacial score (nSPS) is 22.1. The fraction of sp³-hybridized carbons (Fsp3) is 0.917. The lowest BCUT2D eigenvalue weighted by Gasteiger charge is -2.11. The zero-order valence-corrected chi connectivity index (χ0v) is 14.1. The summed E-state index contributed by atoms with van der Waals surface area (Å²) in [5.41, 5.74) is 0. The number of hydrogen-bond donors (Lipinski definition) is 2. The van der Waals surface area contributed by atoms with Gasteiger partial charge in [0.05, 0.1) is 0 Å². The van der Waals surface area contributed by atoms with Gasteiger partial charge in [0.25, 0.3) is 0 Å². The van der Waals surface area contributed by atoms with Gasteiger partial charge in [0, 0.05) is 25.7 Å². The summed E-state index contributed by atoms with van der Waals surface area (Å²) in [6, 6.07) is 0.472. The molecule has 0 bridgehead atoms. The second-order valence-corrected chi connectivity index (χ2v) is 4.75. The summed E-state index contributed by atoms with van der Waals surface area (Å²) in [6.07, 6.45) is -2.63. The van der Waals surface area contributed by atoms with Crippen molar-refractivity contribution in [3.8, 4) is 0 Å². The van der Waals surface area contributed by atoms with Crippen LogP contribution < -0.4 is 10.6 Å². The van der Waals surface area contributed by atoms with E-state index in [-0.39, 0.29) is 30.6 Å². The first kappa shape index (κ1) is 19.8. The minimum Gasteiger partial charge on any atom is -0.372 e. The van der Waals surface area contributed by atoms with Crippen molar-refractivity contribution in [2.75, 3.05) is 26.3 Å². The molecule has 2 atom stereocenters. The minimum atomic E-state index is -4.25. The number of ether oxygens (including phenoxy) is 1. The standard InChI is InChI=1S/C12H22F3N3O.HI/c1-3-16-11(18-10-7-9(10)2)17-5-4-6-19-8-12(13,14)15;/h9-10H,3-8H2,1-2H3,(H2,16,17,18);1H. The summed E-state index contributed by atoms with van der Waals surface area (Å²) in [4.78, 5) is 4.30. The van der Waals surface area contributed by atoms with Crippen LogP contribution in [0.5, 0.6) is 0 Å². The second-order valence-electron chi connectivity index (χ2n) is 4.75. The lowest BCUT2D eigenvalue weighted by molar-refractivity contribution is -0.173. The molecular formula is C12H23F3IN3O. The van der Waals surface area contributed by atoms with E-state index in [0.29, 0.717) is 24.9 Å². The molecule has 1 saturated carbocycles. The Labute approximate surface area is 134 Å². The quantitative estimate of drug-likeness (QED) is 0.294. The van der Waals surface area contributed by atoms with Crippen molar-refractivity contribution in [1.29, 1.82) is 0 Å². The van der Waals surface area contributed by atoms with Crippen molar-refractivity contribution in [3.05, 3.63) is 0 Å². The molecule has 2 N–H and O–H groups in total. The highest BCUT2D eigenvalue weighted by molar-refractivity contribution is 14.0. The van der Waals surface area contributed by atoms with E-state index in [4.69, 9.17) is 0 Å². The molecule has 0 aliphatic heterocycles. The van der Waals surface area contributed by atoms with Gasteiger partial charge >= 0.3 is 6.18 Å². The first-order valence-electron chi connectivity index (χ1n) is 6.61. The molecule has 8 heteroatoms. The third-order valence-corrected chi connectivity index (χ3v) is 2.76. The number of halogens is 4. The maximum Gasteiger partial charge on any atom is 0.411 e. The topological polar surface area (TPSA) is 45.7 Å². The summed E-state index contributed by atoms with van der Waals surface area (Å²) in [5.74, 6) is 1.40. The van der Waals surface area contributed by atoms with Gasteiger partial charge in [0.15, 0.2) is 5.96 Å². The fourth-order valence-corrected chi connectivity index (χ4v) is 1.56. The van der Waals surface area contributed by atoms with E-state index in [9.17, 15) is 13.2 Å². The van der Waals surface area contributed by atoms with Gasteiger partial charge in [-0.05, 0) is 25.7 Å². The zero-order chi connectivity index (χ0) is 14.3. The summed E-state index contributed by atoms with van der Waals surface area (Å²) >= 11 is 0. The van der Waals surface area contributed by atoms with Crippen molar-refractivity contribution >= 4 is 29.9 Å². The number of guanidine groups is 1. The molecule has 0 aromatic heterocycles. The number of nitrogens with zero attached hydrogens (tertiary/aromatic N) is 1. The molecule has 0 aromatic rings. The van der Waals surface area contributed by atoms with Crippen LogP contribution in [0.3, 0.4) is 0 Å². The number of hydrogen-bond acceptors (Lipinski definition) is 2. The van der Waals surface area contributed by atoms with Crippen LogP contribution in [0, 0.1) is 5.92 Å². The van der Waals surface area contributed by atoms with Crippen molar-refractivity contribution in [2.24, 2.45) is 10.9 Å². The van der Waals surface area contributed by atoms with Gasteiger partial charge in [-0.3, -0.25) is 4.99 Å². The van der Waals surface area contributed by atoms with Crippen LogP contribution in [0.4, 0.5) is 13.2 Å². The summed E-state index contributed by atoms with van der Waals surface area (Å²) < 4.78 is 39.9. The van der Waals surface area contributed by atoms with Gasteiger partial charge in [-0.15, -0.1) is 24.0 Å². The Morgan fingerprint density at radius 1 is 1.40 bits per heavy atom. The minimum absolute atomic E-state index is 0. The Morgan fingerprint density at radius 3 is 2.55 bits per heavy atom. The van der Waals surface area contributed by atoms with Gasteiger partial charge in [-0.25, -0.2) is 0 Å². The second kappa shape index (κ2) is 9.64. The zero-order valence-electron chi connectivity index (χ0n) is 11.8. The van der Waals surface area contributed by atoms with Crippen LogP contribution in [-0.2, 0) is 4.74 Å². The van der Waals surface area contributed by atoms with Gasteiger partial charge in [-0.2, -0.15) is 13.2 Å². The summed E-state index contributed by atoms with van der Waals surface area (Å²) in [7, 11) is 0. The Kier molecular flexibility index (Phi) is 9.52. The molecule has 1 fully saturated rings. The molecule has 4 nitrogen and oxygen atoms in total. The van der Waals surface area contributed by atoms with Crippen LogP contribution in [0.1, 0.15) is 26.7 Å². The lowest BCUT2D eigenvalue weighted by atomic mass is 10.4. The highest BCUT2D eigenvalue weighted by atomic mass is 127. The summed E-state index contributed by atoms with van der Waals surface area (Å²) in [6.45, 7) is 4.23. The van der Waals surface area contributed by atoms with Crippen LogP contribution >= 0.6 is 24.0 Å². The molecule has 1 aliphatic carbocycles. The van der Waals surface area contributed by atoms with Crippen LogP contribution in [0.25, 0.3) is 0 Å². The van der Waals surface area contributed by atoms with Crippen molar-refractivity contribution in [1.82, 2.24) is 10.6 Å². The van der Waals surface area contributed by atoms with E-state index in [1.54, 1.807) is 0 Å². The molecule has 20 heavy (non-hydrogen) atoms. The third kappa shape index (κ3) is 9.62. The van der Waals surface area contributed by atoms with Crippen LogP contribution in [-0.4, -0.2) is 44.5 Å². The molecular weight excluding hydrogens is 386 g/mol. The maximum absolute atomic E-state index is 11.8. The number of alkyl halides is 3. The molecule has 1 aliphatic rings. The molecule has 0 spiro atoms. The largest absolute Gasteiger partial charge is 0.411 e. The first-order valence-corrected chi connectivity index (χ1v) is 6.61. The van der Waals surface area contributed by atoms with E-state index < -0.39 is 12.8 Å². The van der Waals surface area contributed by atoms with E-state index in [0.717, 1.165) is 18.9 Å². The van der Waals surface area contributed by atoms with E-state index in [1.807, 2.05) is 6.92 Å². The molecule has 0 amide bonds. The number of rotatable bonds is 7. The van der Waals surface area contributed by atoms with Crippen molar-refractivity contribution < 1.29 is 17.9 Å². The lowest BCUT2D eigenvalue weighted by Crippen LogP contribution is -2.39. The maximum atomic E-state index is 11.8. The highest BCUT2D eigenvalue weighted by Crippen LogP contribution is 2.28. The van der Waals surface area contributed by atoms with Crippen LogP contribution in [0.2, 0.25) is 0 Å². The molecule has 1 rings (SSSR count). The predicted octanol–water partition coefficient (Wildman–Crippen LogP) is 2.54. The monoisotopic (exact) mass is 409 g/mol. The number of nitrogens with one attached hydrogen (secondary N) is 2. The van der Waals surface area contributed by atoms with Gasteiger partial charge in [-0.1, -0.05) is 6.92 Å². The third-order valence-electron chi connectivity index (χ3n) is 2.76. The predicted molar refractivity (Wildman–Crippen MR) is 83.6 cm³/mol. The molecule has 0 heterocycles. The molecule has 2 unspecified atom stereocenters. The SMILES string of the molecule is CCNC(=NCCCOCC(F)(F)F)NC1CC1C.I. The molecule has 0 radical (unpaired) electrons. The number of aliphatic imine (C=N–C) groups is 1. The Morgan fingerprint density at radius 2 is 2.05 bits per heavy atom. The van der Waals surface area contributed by atoms with Crippen molar-refractivity contribution in [2.45, 2.75) is 38.9 Å². The average Bonchev–Trinajstić information content (AvgIpc) is 2.98. The van der Waals surface area contributed by atoms with Gasteiger partial charge < -0.3 is 15.4 Å². The molecule has 120 valence electrons. The Balaban J connectivity index is 0.00000361. The smallest absolute Gasteiger partial charge is 0.372 e. The highest BCUT2D eigenvalue weighted by Gasteiger charge is 2.33. The van der Waals surface area contributed by atoms with E-state index in [1.165, 1.54) is 0 Å². The van der Waals surface area contributed by atoms with Crippen molar-refractivity contribution in [3.63, 3.8) is 0 Å². The first-order chi connectivity index (χ1) is 8.92. The molecule has 0 saturated heterocycles. The fourth-order valence-electron chi connectivity index (χ4n) is 1.56. The molecule has 0 aromatic carbocycles. The Hall–Kier alpha value is -0.250. The van der Waals surface area contributed by atoms with Gasteiger partial charge in [0.2, 0.25) is 0 Å².